The molecule has 1 heterocycles. The number of allylic oxidation sites excluding steroid dienone is 1. The Labute approximate surface area is 224 Å². The smallest absolute Gasteiger partial charge is 0.352 e. The molecule has 210 valence electrons. The number of nitrogens with zero attached hydrogens (tertiary/aromatic N) is 1. The summed E-state index contributed by atoms with van der Waals surface area (Å²) in [6.07, 6.45) is -2.52. The lowest BCUT2D eigenvalue weighted by molar-refractivity contribution is -0.143. The monoisotopic (exact) mass is 550 g/mol. The van der Waals surface area contributed by atoms with Crippen molar-refractivity contribution in [2.45, 2.75) is 69.9 Å². The van der Waals surface area contributed by atoms with Crippen LogP contribution in [0.25, 0.3) is 6.08 Å². The minimum absolute atomic E-state index is 0.0241. The average molecular weight is 551 g/mol. The van der Waals surface area contributed by atoms with Crippen LogP contribution in [-0.4, -0.2) is 29.9 Å². The third-order valence-corrected chi connectivity index (χ3v) is 9.25. The second-order valence-electron chi connectivity index (χ2n) is 11.4. The van der Waals surface area contributed by atoms with Gasteiger partial charge in [0.05, 0.1) is 16.5 Å². The van der Waals surface area contributed by atoms with Crippen molar-refractivity contribution < 1.29 is 31.1 Å². The third-order valence-electron chi connectivity index (χ3n) is 9.25. The molecule has 1 unspecified atom stereocenters. The molecule has 3 aliphatic rings. The molecule has 1 spiro atoms. The number of rotatable bonds is 5. The number of likely N-dealkylation sites (tertiary alicyclic amines) is 1. The van der Waals surface area contributed by atoms with Crippen LogP contribution >= 0.6 is 0 Å². The number of carbonyl (C=O) groups is 1. The number of halogens is 6. The topological polar surface area (TPSA) is 32.3 Å². The largest absolute Gasteiger partial charge is 0.416 e. The lowest BCUT2D eigenvalue weighted by atomic mass is 9.61. The highest BCUT2D eigenvalue weighted by atomic mass is 19.4. The molecule has 0 aromatic heterocycles. The van der Waals surface area contributed by atoms with Crippen molar-refractivity contribution in [3.05, 3.63) is 76.4 Å². The molecule has 0 bridgehead atoms. The van der Waals surface area contributed by atoms with Crippen LogP contribution in [-0.2, 0) is 29.1 Å². The van der Waals surface area contributed by atoms with Gasteiger partial charge in [0.2, 0.25) is 5.91 Å². The second-order valence-corrected chi connectivity index (χ2v) is 11.4. The zero-order chi connectivity index (χ0) is 28.2. The summed E-state index contributed by atoms with van der Waals surface area (Å²) in [6, 6.07) is 10.1. The first kappa shape index (κ1) is 27.7. The van der Waals surface area contributed by atoms with Crippen LogP contribution in [0.3, 0.4) is 0 Å². The number of carbonyl (C=O) groups excluding carboxylic acids is 1. The summed E-state index contributed by atoms with van der Waals surface area (Å²) < 4.78 is 79.2. The van der Waals surface area contributed by atoms with Crippen LogP contribution in [0.1, 0.15) is 67.3 Å². The minimum atomic E-state index is -4.92. The van der Waals surface area contributed by atoms with Crippen molar-refractivity contribution >= 4 is 12.0 Å². The van der Waals surface area contributed by atoms with Gasteiger partial charge in [0.25, 0.3) is 0 Å². The summed E-state index contributed by atoms with van der Waals surface area (Å²) in [4.78, 5) is 15.6. The molecule has 1 N–H and O–H groups in total. The van der Waals surface area contributed by atoms with Gasteiger partial charge >= 0.3 is 12.4 Å². The molecule has 39 heavy (non-hydrogen) atoms. The predicted octanol–water partition coefficient (Wildman–Crippen LogP) is 7.21. The van der Waals surface area contributed by atoms with E-state index in [1.54, 1.807) is 0 Å². The Balaban J connectivity index is 1.22. The minimum Gasteiger partial charge on any atom is -0.352 e. The predicted molar refractivity (Wildman–Crippen MR) is 137 cm³/mol. The summed E-state index contributed by atoms with van der Waals surface area (Å²) in [6.45, 7) is 5.57. The van der Waals surface area contributed by atoms with Crippen LogP contribution in [0.15, 0.2) is 48.5 Å². The van der Waals surface area contributed by atoms with Crippen LogP contribution in [0.5, 0.6) is 0 Å². The molecule has 1 saturated carbocycles. The van der Waals surface area contributed by atoms with Gasteiger partial charge in [-0.1, -0.05) is 50.3 Å². The van der Waals surface area contributed by atoms with Crippen LogP contribution in [0.2, 0.25) is 0 Å². The highest BCUT2D eigenvalue weighted by Crippen LogP contribution is 2.51. The molecule has 9 heteroatoms. The Morgan fingerprint density at radius 3 is 2.26 bits per heavy atom. The Hall–Kier alpha value is -2.81. The van der Waals surface area contributed by atoms with Crippen LogP contribution < -0.4 is 5.32 Å². The molecule has 2 fully saturated rings. The van der Waals surface area contributed by atoms with E-state index in [-0.39, 0.29) is 29.0 Å². The maximum Gasteiger partial charge on any atom is 0.416 e. The maximum atomic E-state index is 13.2. The molecule has 1 saturated heterocycles. The van der Waals surface area contributed by atoms with Gasteiger partial charge in [-0.15, -0.1) is 0 Å². The van der Waals surface area contributed by atoms with Crippen molar-refractivity contribution in [2.75, 3.05) is 13.1 Å². The number of nitrogens with one attached hydrogen (secondary N) is 1. The van der Waals surface area contributed by atoms with E-state index in [1.165, 1.54) is 11.1 Å². The first-order valence-corrected chi connectivity index (χ1v) is 13.4. The van der Waals surface area contributed by atoms with Gasteiger partial charge < -0.3 is 5.32 Å². The fourth-order valence-electron chi connectivity index (χ4n) is 6.78. The summed E-state index contributed by atoms with van der Waals surface area (Å²) in [5, 5.41) is 2.63. The molecule has 2 atom stereocenters. The second kappa shape index (κ2) is 9.68. The van der Waals surface area contributed by atoms with E-state index in [1.807, 2.05) is 13.0 Å². The normalized spacial score (nSPS) is 28.8. The van der Waals surface area contributed by atoms with Gasteiger partial charge in [-0.2, -0.15) is 26.3 Å². The van der Waals surface area contributed by atoms with Crippen molar-refractivity contribution in [2.24, 2.45) is 11.3 Å². The molecule has 2 aromatic carbocycles. The fourth-order valence-corrected chi connectivity index (χ4v) is 6.78. The molecule has 1 amide bonds. The molecule has 5 rings (SSSR count). The highest BCUT2D eigenvalue weighted by Gasteiger charge is 2.53. The molecule has 2 aliphatic carbocycles. The van der Waals surface area contributed by atoms with Gasteiger partial charge in [0, 0.05) is 24.5 Å². The van der Waals surface area contributed by atoms with Gasteiger partial charge in [-0.3, -0.25) is 9.69 Å². The Morgan fingerprint density at radius 2 is 1.67 bits per heavy atom. The zero-order valence-electron chi connectivity index (χ0n) is 21.9. The Morgan fingerprint density at radius 1 is 1.03 bits per heavy atom. The first-order chi connectivity index (χ1) is 18.3. The molecule has 0 radical (unpaired) electrons. The van der Waals surface area contributed by atoms with Crippen LogP contribution in [0.4, 0.5) is 26.3 Å². The average Bonchev–Trinajstić information content (AvgIpc) is 3.23. The zero-order valence-corrected chi connectivity index (χ0v) is 21.9. The van der Waals surface area contributed by atoms with Crippen molar-refractivity contribution in [1.29, 1.82) is 0 Å². The van der Waals surface area contributed by atoms with Crippen molar-refractivity contribution in [3.63, 3.8) is 0 Å². The molecule has 1 aliphatic heterocycles. The van der Waals surface area contributed by atoms with Crippen LogP contribution in [0, 0.1) is 11.3 Å². The van der Waals surface area contributed by atoms with E-state index in [9.17, 15) is 31.1 Å². The van der Waals surface area contributed by atoms with E-state index < -0.39 is 35.4 Å². The molecular weight excluding hydrogens is 518 g/mol. The van der Waals surface area contributed by atoms with E-state index >= 15 is 0 Å². The summed E-state index contributed by atoms with van der Waals surface area (Å²) in [7, 11) is 0. The lowest BCUT2D eigenvalue weighted by Crippen LogP contribution is -2.60. The fraction of sp³-hybridized carbons (Fsp3) is 0.500. The van der Waals surface area contributed by atoms with Gasteiger partial charge in [0.1, 0.15) is 0 Å². The molecule has 3 nitrogen and oxygen atoms in total. The number of piperidine rings is 1. The summed E-state index contributed by atoms with van der Waals surface area (Å²) in [5.41, 5.74) is -0.997. The van der Waals surface area contributed by atoms with E-state index in [4.69, 9.17) is 0 Å². The van der Waals surface area contributed by atoms with Gasteiger partial charge in [-0.25, -0.2) is 0 Å². The summed E-state index contributed by atoms with van der Waals surface area (Å²) >= 11 is 0. The van der Waals surface area contributed by atoms with Gasteiger partial charge in [0.15, 0.2) is 0 Å². The first-order valence-electron chi connectivity index (χ1n) is 13.4. The summed E-state index contributed by atoms with van der Waals surface area (Å²) in [5.74, 6) is 0.0711. The Kier molecular flexibility index (Phi) is 6.89. The standard InChI is InChI=1S/C30H32F6N2O/c1-3-27(26(39)37-17-20-12-22(29(31,32)33)14-23(13-20)30(34,35)36)15-24(16-27)38-11-10-28(19(2)18-38)9-8-21-6-4-5-7-25(21)28/h4-9,12-14,19,24H,3,10-11,15-18H2,1-2H3,(H,37,39)/t19-,24?,27?,28?/m0/s1. The molecular formula is C30H32F6N2O. The Bertz CT molecular complexity index is 1240. The van der Waals surface area contributed by atoms with E-state index in [0.29, 0.717) is 37.3 Å². The lowest BCUT2D eigenvalue weighted by Gasteiger charge is -2.54. The number of amides is 1. The number of fused-ring (bicyclic) bond motifs is 2. The van der Waals surface area contributed by atoms with E-state index in [2.05, 4.69) is 47.5 Å². The SMILES string of the molecule is CCC1(C(=O)NCc2cc(C(F)(F)F)cc(C(F)(F)F)c2)CC(N2CCC3(C=Cc4ccccc43)[C@@H](C)C2)C1. The van der Waals surface area contributed by atoms with Crippen molar-refractivity contribution in [1.82, 2.24) is 10.2 Å². The quantitative estimate of drug-likeness (QED) is 0.399. The highest BCUT2D eigenvalue weighted by molar-refractivity contribution is 5.83. The number of hydrogen-bond donors (Lipinski definition) is 1. The number of alkyl halides is 6. The molecule has 2 aromatic rings. The number of benzene rings is 2. The number of hydrogen-bond acceptors (Lipinski definition) is 2. The third kappa shape index (κ3) is 4.98. The maximum absolute atomic E-state index is 13.2. The van der Waals surface area contributed by atoms with E-state index in [0.717, 1.165) is 19.5 Å². The van der Waals surface area contributed by atoms with Gasteiger partial charge in [-0.05, 0) is 73.0 Å². The van der Waals surface area contributed by atoms with Crippen molar-refractivity contribution in [3.8, 4) is 0 Å².